The number of halogens is 3. The monoisotopic (exact) mass is 447 g/mol. The van der Waals surface area contributed by atoms with E-state index in [9.17, 15) is 18.4 Å². The van der Waals surface area contributed by atoms with Gasteiger partial charge in [0.2, 0.25) is 11.9 Å². The number of nitrogen functional groups attached to an aromatic ring is 1. The first-order chi connectivity index (χ1) is 14.7. The van der Waals surface area contributed by atoms with Gasteiger partial charge in [-0.2, -0.15) is 33.4 Å². The topological polar surface area (TPSA) is 123 Å². The Labute approximate surface area is 179 Å². The number of anilines is 3. The number of benzene rings is 1. The largest absolute Gasteiger partial charge is 0.495 e. The van der Waals surface area contributed by atoms with E-state index in [1.165, 1.54) is 14.0 Å². The Morgan fingerprint density at radius 2 is 1.94 bits per heavy atom. The minimum absolute atomic E-state index is 0.0236. The average Bonchev–Trinajstić information content (AvgIpc) is 2.71. The van der Waals surface area contributed by atoms with Gasteiger partial charge < -0.3 is 15.8 Å². The van der Waals surface area contributed by atoms with E-state index in [0.29, 0.717) is 11.4 Å². The number of hydrogen-bond donors (Lipinski definition) is 2. The third-order valence-corrected chi connectivity index (χ3v) is 4.89. The van der Waals surface area contributed by atoms with E-state index in [2.05, 4.69) is 25.3 Å². The lowest BCUT2D eigenvalue weighted by atomic mass is 10.1. The Kier molecular flexibility index (Phi) is 6.45. The van der Waals surface area contributed by atoms with E-state index in [4.69, 9.17) is 10.5 Å². The summed E-state index contributed by atoms with van der Waals surface area (Å²) < 4.78 is 45.1. The number of thioether (sulfide) groups is 1. The predicted octanol–water partition coefficient (Wildman–Crippen LogP) is 4.09. The van der Waals surface area contributed by atoms with Crippen molar-refractivity contribution in [3.05, 3.63) is 53.0 Å². The molecule has 0 aliphatic carbocycles. The van der Waals surface area contributed by atoms with E-state index in [-0.39, 0.29) is 34.2 Å². The summed E-state index contributed by atoms with van der Waals surface area (Å²) in [6.07, 6.45) is -4.67. The summed E-state index contributed by atoms with van der Waals surface area (Å²) in [6.45, 7) is 1.43. The van der Waals surface area contributed by atoms with Gasteiger partial charge >= 0.3 is 6.18 Å². The molecule has 0 spiro atoms. The Morgan fingerprint density at radius 3 is 2.61 bits per heavy atom. The quantitative estimate of drug-likeness (QED) is 0.538. The molecule has 0 saturated carbocycles. The van der Waals surface area contributed by atoms with Crippen molar-refractivity contribution in [3.63, 3.8) is 0 Å². The molecule has 8 nitrogen and oxygen atoms in total. The minimum atomic E-state index is -4.67. The molecule has 1 aromatic carbocycles. The molecule has 2 heterocycles. The van der Waals surface area contributed by atoms with Crippen LogP contribution in [0.3, 0.4) is 0 Å². The third kappa shape index (κ3) is 5.32. The van der Waals surface area contributed by atoms with Gasteiger partial charge in [0, 0.05) is 5.69 Å². The number of para-hydroxylation sites is 2. The summed E-state index contributed by atoms with van der Waals surface area (Å²) in [5.41, 5.74) is 4.92. The first-order valence-corrected chi connectivity index (χ1v) is 9.72. The third-order valence-electron chi connectivity index (χ3n) is 3.92. The highest BCUT2D eigenvalue weighted by Gasteiger charge is 2.35. The normalized spacial score (nSPS) is 11.1. The molecule has 0 aliphatic rings. The molecule has 31 heavy (non-hydrogen) atoms. The van der Waals surface area contributed by atoms with Crippen molar-refractivity contribution in [2.45, 2.75) is 23.9 Å². The molecule has 0 radical (unpaired) electrons. The Hall–Kier alpha value is -3.59. The molecule has 0 amide bonds. The fraction of sp³-hybridized carbons (Fsp3) is 0.211. The van der Waals surface area contributed by atoms with Crippen molar-refractivity contribution in [1.29, 1.82) is 5.26 Å². The number of nitrogens with zero attached hydrogens (tertiary/aromatic N) is 5. The number of pyridine rings is 1. The van der Waals surface area contributed by atoms with Crippen molar-refractivity contribution in [3.8, 4) is 11.8 Å². The highest BCUT2D eigenvalue weighted by atomic mass is 32.2. The van der Waals surface area contributed by atoms with Crippen LogP contribution in [0.2, 0.25) is 0 Å². The summed E-state index contributed by atoms with van der Waals surface area (Å²) in [4.78, 5) is 16.3. The van der Waals surface area contributed by atoms with Crippen molar-refractivity contribution in [2.24, 2.45) is 0 Å². The lowest BCUT2D eigenvalue weighted by Gasteiger charge is -2.13. The van der Waals surface area contributed by atoms with Crippen LogP contribution in [0.15, 0.2) is 35.4 Å². The Bertz CT molecular complexity index is 1150. The van der Waals surface area contributed by atoms with Crippen LogP contribution >= 0.6 is 11.8 Å². The Balaban J connectivity index is 1.87. The van der Waals surface area contributed by atoms with Crippen LogP contribution in [-0.2, 0) is 11.9 Å². The van der Waals surface area contributed by atoms with Crippen LogP contribution < -0.4 is 15.8 Å². The molecule has 0 aliphatic heterocycles. The molecule has 0 bridgehead atoms. The zero-order valence-electron chi connectivity index (χ0n) is 16.4. The number of nitrogens with two attached hydrogens (primary N) is 1. The predicted molar refractivity (Wildman–Crippen MR) is 109 cm³/mol. The lowest BCUT2D eigenvalue weighted by Crippen LogP contribution is -2.11. The van der Waals surface area contributed by atoms with Gasteiger partial charge in [-0.25, -0.2) is 4.98 Å². The van der Waals surface area contributed by atoms with E-state index >= 15 is 0 Å². The summed E-state index contributed by atoms with van der Waals surface area (Å²) >= 11 is 0.906. The molecular formula is C19H16F3N7OS. The molecule has 3 aromatic rings. The molecule has 2 aromatic heterocycles. The van der Waals surface area contributed by atoms with Crippen molar-refractivity contribution >= 4 is 29.3 Å². The van der Waals surface area contributed by atoms with Crippen molar-refractivity contribution in [2.75, 3.05) is 18.2 Å². The standard InChI is InChI=1S/C19H16F3N7OS/c1-10-7-12(19(20,21)22)11(8-23)16(25-10)31-9-15-27-17(24)29-18(28-15)26-13-5-3-4-6-14(13)30-2/h3-7H,9H2,1-2H3,(H3,24,26,27,28,29). The SMILES string of the molecule is COc1ccccc1Nc1nc(N)nc(CSc2nc(C)cc(C(F)(F)F)c2C#N)n1. The van der Waals surface area contributed by atoms with E-state index in [1.54, 1.807) is 30.3 Å². The van der Waals surface area contributed by atoms with Gasteiger partial charge in [-0.3, -0.25) is 0 Å². The molecule has 12 heteroatoms. The minimum Gasteiger partial charge on any atom is -0.495 e. The molecule has 0 fully saturated rings. The second-order valence-electron chi connectivity index (χ2n) is 6.15. The van der Waals surface area contributed by atoms with Crippen molar-refractivity contribution in [1.82, 2.24) is 19.9 Å². The number of alkyl halides is 3. The van der Waals surface area contributed by atoms with E-state index in [1.807, 2.05) is 0 Å². The Morgan fingerprint density at radius 1 is 1.19 bits per heavy atom. The van der Waals surface area contributed by atoms with Gasteiger partial charge in [0.05, 0.1) is 29.7 Å². The summed E-state index contributed by atoms with van der Waals surface area (Å²) in [5.74, 6) is 0.851. The van der Waals surface area contributed by atoms with Crippen LogP contribution in [0.1, 0.15) is 22.6 Å². The molecule has 3 rings (SSSR count). The van der Waals surface area contributed by atoms with Crippen LogP contribution in [0, 0.1) is 18.3 Å². The van der Waals surface area contributed by atoms with Gasteiger partial charge in [0.25, 0.3) is 0 Å². The fourth-order valence-electron chi connectivity index (χ4n) is 2.64. The number of methoxy groups -OCH3 is 1. The fourth-order valence-corrected chi connectivity index (χ4v) is 3.54. The second kappa shape index (κ2) is 9.05. The first-order valence-electron chi connectivity index (χ1n) is 8.73. The maximum atomic E-state index is 13.3. The lowest BCUT2D eigenvalue weighted by molar-refractivity contribution is -0.138. The number of ether oxygens (including phenoxy) is 1. The number of nitriles is 1. The summed E-state index contributed by atoms with van der Waals surface area (Å²) in [6, 6.07) is 9.52. The van der Waals surface area contributed by atoms with Crippen molar-refractivity contribution < 1.29 is 17.9 Å². The zero-order chi connectivity index (χ0) is 22.6. The molecule has 160 valence electrons. The maximum absolute atomic E-state index is 13.3. The number of aryl methyl sites for hydroxylation is 1. The smallest absolute Gasteiger partial charge is 0.417 e. The van der Waals surface area contributed by atoms with Gasteiger partial charge in [-0.1, -0.05) is 23.9 Å². The molecule has 0 atom stereocenters. The van der Waals surface area contributed by atoms with E-state index in [0.717, 1.165) is 17.8 Å². The molecule has 0 unspecified atom stereocenters. The van der Waals surface area contributed by atoms with Crippen LogP contribution in [0.5, 0.6) is 5.75 Å². The second-order valence-corrected chi connectivity index (χ2v) is 7.11. The van der Waals surface area contributed by atoms with Gasteiger partial charge in [-0.05, 0) is 25.1 Å². The molecule has 0 saturated heterocycles. The first kappa shape index (κ1) is 22.1. The van der Waals surface area contributed by atoms with Crippen LogP contribution in [0.25, 0.3) is 0 Å². The highest BCUT2D eigenvalue weighted by molar-refractivity contribution is 7.98. The van der Waals surface area contributed by atoms with E-state index < -0.39 is 17.3 Å². The van der Waals surface area contributed by atoms with Gasteiger partial charge in [-0.15, -0.1) is 0 Å². The van der Waals surface area contributed by atoms with Crippen LogP contribution in [-0.4, -0.2) is 27.0 Å². The summed E-state index contributed by atoms with van der Waals surface area (Å²) in [5, 5.41) is 12.2. The molecule has 3 N–H and O–H groups in total. The van der Waals surface area contributed by atoms with Crippen LogP contribution in [0.4, 0.5) is 30.8 Å². The van der Waals surface area contributed by atoms with Gasteiger partial charge in [0.1, 0.15) is 22.7 Å². The number of rotatable bonds is 6. The zero-order valence-corrected chi connectivity index (χ0v) is 17.2. The number of nitrogens with one attached hydrogen (secondary N) is 1. The average molecular weight is 447 g/mol. The highest BCUT2D eigenvalue weighted by Crippen LogP contribution is 2.36. The van der Waals surface area contributed by atoms with Gasteiger partial charge in [0.15, 0.2) is 0 Å². The number of hydrogen-bond acceptors (Lipinski definition) is 9. The summed E-state index contributed by atoms with van der Waals surface area (Å²) in [7, 11) is 1.52. The number of aromatic nitrogens is 4. The molecular weight excluding hydrogens is 431 g/mol. The maximum Gasteiger partial charge on any atom is 0.417 e.